The summed E-state index contributed by atoms with van der Waals surface area (Å²) in [6.45, 7) is 2.22. The predicted octanol–water partition coefficient (Wildman–Crippen LogP) is 3.46. The summed E-state index contributed by atoms with van der Waals surface area (Å²) in [5.41, 5.74) is 9.23. The lowest BCUT2D eigenvalue weighted by Gasteiger charge is -2.32. The van der Waals surface area contributed by atoms with E-state index >= 15 is 0 Å². The second kappa shape index (κ2) is 12.6. The third-order valence-electron chi connectivity index (χ3n) is 6.30. The van der Waals surface area contributed by atoms with Crippen molar-refractivity contribution in [2.75, 3.05) is 51.0 Å². The second-order valence-corrected chi connectivity index (χ2v) is 8.34. The Balaban J connectivity index is 0.000000249. The van der Waals surface area contributed by atoms with Crippen molar-refractivity contribution in [1.29, 1.82) is 0 Å². The molecule has 1 aromatic heterocycles. The van der Waals surface area contributed by atoms with Gasteiger partial charge in [-0.15, -0.1) is 12.8 Å². The Hall–Kier alpha value is -4.06. The van der Waals surface area contributed by atoms with E-state index in [0.717, 1.165) is 6.41 Å². The van der Waals surface area contributed by atoms with Crippen LogP contribution < -0.4 is 20.1 Å². The molecule has 3 aromatic rings. The normalized spacial score (nSPS) is 14.5. The smallest absolute Gasteiger partial charge is 0.228 e. The van der Waals surface area contributed by atoms with Crippen LogP contribution in [0.15, 0.2) is 30.3 Å². The molecule has 0 unspecified atom stereocenters. The number of hydrogen-bond acceptors (Lipinski definition) is 7. The average Bonchev–Trinajstić information content (AvgIpc) is 2.94. The number of piperazine rings is 1. The van der Waals surface area contributed by atoms with E-state index in [1.807, 2.05) is 4.90 Å². The Kier molecular flexibility index (Phi) is 9.28. The van der Waals surface area contributed by atoms with E-state index in [-0.39, 0.29) is 22.8 Å². The predicted molar refractivity (Wildman–Crippen MR) is 140 cm³/mol. The van der Waals surface area contributed by atoms with Crippen LogP contribution in [0.1, 0.15) is 24.0 Å². The number of hydrogen-bond donors (Lipinski definition) is 1. The van der Waals surface area contributed by atoms with Gasteiger partial charge in [-0.25, -0.2) is 9.37 Å². The number of benzene rings is 2. The van der Waals surface area contributed by atoms with Crippen molar-refractivity contribution in [3.63, 3.8) is 0 Å². The molecule has 0 spiro atoms. The number of terminal acetylenes is 1. The van der Waals surface area contributed by atoms with Gasteiger partial charge in [0.15, 0.2) is 17.3 Å². The van der Waals surface area contributed by atoms with Crippen molar-refractivity contribution in [3.8, 4) is 24.3 Å². The molecule has 2 aliphatic rings. The van der Waals surface area contributed by atoms with Crippen LogP contribution in [-0.2, 0) is 17.6 Å². The molecule has 0 bridgehead atoms. The average molecular weight is 494 g/mol. The van der Waals surface area contributed by atoms with Crippen molar-refractivity contribution < 1.29 is 18.7 Å². The highest BCUT2D eigenvalue weighted by Gasteiger charge is 2.23. The number of nitrogens with two attached hydrogens (primary N) is 1. The van der Waals surface area contributed by atoms with Crippen molar-refractivity contribution in [2.24, 2.45) is 0 Å². The minimum atomic E-state index is -0.645. The van der Waals surface area contributed by atoms with Gasteiger partial charge in [-0.1, -0.05) is 24.3 Å². The number of nitrogen functional groups attached to an aromatic ring is 1. The molecule has 0 saturated carbocycles. The number of anilines is 2. The van der Waals surface area contributed by atoms with E-state index in [1.165, 1.54) is 39.9 Å². The summed E-state index contributed by atoms with van der Waals surface area (Å²) in [5, 5.41) is 0.362. The summed E-state index contributed by atoms with van der Waals surface area (Å²) in [6, 6.07) is 10.4. The number of aromatic nitrogens is 2. The topological polar surface area (TPSA) is 93.8 Å². The van der Waals surface area contributed by atoms with Gasteiger partial charge < -0.3 is 25.0 Å². The van der Waals surface area contributed by atoms with Crippen LogP contribution in [-0.4, -0.2) is 61.7 Å². The van der Waals surface area contributed by atoms with Crippen molar-refractivity contribution in [1.82, 2.24) is 14.9 Å². The lowest BCUT2D eigenvalue weighted by molar-refractivity contribution is -0.118. The number of aryl methyl sites for hydroxylation is 2. The van der Waals surface area contributed by atoms with E-state index in [2.05, 4.69) is 47.1 Å². The quantitative estimate of drug-likeness (QED) is 0.439. The number of fused-ring (bicyclic) bond motifs is 2. The molecule has 1 amide bonds. The first kappa shape index (κ1) is 26.5. The van der Waals surface area contributed by atoms with E-state index in [4.69, 9.17) is 15.2 Å². The van der Waals surface area contributed by atoms with Crippen LogP contribution in [0.5, 0.6) is 11.5 Å². The fraction of sp³-hybridized carbons (Fsp3) is 0.370. The molecular weight excluding hydrogens is 461 g/mol. The molecule has 0 radical (unpaired) electrons. The van der Waals surface area contributed by atoms with Gasteiger partial charge in [0.25, 0.3) is 0 Å². The Bertz CT molecular complexity index is 1180. The first-order valence-electron chi connectivity index (χ1n) is 11.8. The first-order valence-corrected chi connectivity index (χ1v) is 11.8. The molecule has 5 rings (SSSR count). The number of amides is 1. The molecule has 1 fully saturated rings. The number of carbonyl (C=O) groups excluding carboxylic acids is 1. The molecule has 190 valence electrons. The zero-order valence-electron chi connectivity index (χ0n) is 20.7. The van der Waals surface area contributed by atoms with Crippen LogP contribution in [0.2, 0.25) is 0 Å². The molecule has 0 atom stereocenters. The fourth-order valence-corrected chi connectivity index (χ4v) is 4.38. The van der Waals surface area contributed by atoms with Gasteiger partial charge in [-0.2, -0.15) is 4.98 Å². The standard InChI is InChI=1S/C15H18FN5O3.C10H12.C2H2/c1-23-10-7-9-12(11(16)13(10)24-2)18-15(19-14(9)17)21-5-3-20(8-22)4-6-21;1-2-6-10-8-4-3-7-9(10)5-1;1-2/h7-8H,3-6H2,1-2H3,(H2,17,18,19);1-2,5-6H,3-4,7-8H2;1-2H. The lowest BCUT2D eigenvalue weighted by atomic mass is 9.92. The monoisotopic (exact) mass is 493 g/mol. The SMILES string of the molecule is C#C.COc1cc2c(N)nc(N3CCN(C=O)CC3)nc2c(F)c1OC.c1ccc2c(c1)CCCC2. The summed E-state index contributed by atoms with van der Waals surface area (Å²) in [6.07, 6.45) is 14.2. The zero-order chi connectivity index (χ0) is 26.1. The third-order valence-corrected chi connectivity index (χ3v) is 6.30. The Morgan fingerprint density at radius 2 is 1.61 bits per heavy atom. The summed E-state index contributed by atoms with van der Waals surface area (Å²) >= 11 is 0. The largest absolute Gasteiger partial charge is 0.493 e. The van der Waals surface area contributed by atoms with E-state index in [1.54, 1.807) is 22.1 Å². The van der Waals surface area contributed by atoms with Crippen LogP contribution in [0.3, 0.4) is 0 Å². The molecule has 9 heteroatoms. The molecule has 2 heterocycles. The molecule has 1 saturated heterocycles. The van der Waals surface area contributed by atoms with E-state index in [9.17, 15) is 9.18 Å². The van der Waals surface area contributed by atoms with Crippen LogP contribution in [0, 0.1) is 18.7 Å². The van der Waals surface area contributed by atoms with E-state index in [0.29, 0.717) is 37.5 Å². The fourth-order valence-electron chi connectivity index (χ4n) is 4.38. The van der Waals surface area contributed by atoms with Crippen LogP contribution >= 0.6 is 0 Å². The molecule has 36 heavy (non-hydrogen) atoms. The molecular formula is C27H32FN5O3. The maximum Gasteiger partial charge on any atom is 0.228 e. The third kappa shape index (κ3) is 5.77. The van der Waals surface area contributed by atoms with Gasteiger partial charge in [0, 0.05) is 31.6 Å². The van der Waals surface area contributed by atoms with Gasteiger partial charge in [0.1, 0.15) is 11.3 Å². The molecule has 8 nitrogen and oxygen atoms in total. The zero-order valence-corrected chi connectivity index (χ0v) is 20.7. The minimum absolute atomic E-state index is 0.0279. The highest BCUT2D eigenvalue weighted by Crippen LogP contribution is 2.37. The minimum Gasteiger partial charge on any atom is -0.493 e. The lowest BCUT2D eigenvalue weighted by Crippen LogP contribution is -2.46. The highest BCUT2D eigenvalue weighted by molar-refractivity contribution is 5.92. The van der Waals surface area contributed by atoms with Gasteiger partial charge in [0.05, 0.1) is 14.2 Å². The highest BCUT2D eigenvalue weighted by atomic mass is 19.1. The Morgan fingerprint density at radius 1 is 1.00 bits per heavy atom. The molecule has 1 aliphatic heterocycles. The van der Waals surface area contributed by atoms with Gasteiger partial charge in [-0.3, -0.25) is 4.79 Å². The van der Waals surface area contributed by atoms with Gasteiger partial charge in [0.2, 0.25) is 12.4 Å². The van der Waals surface area contributed by atoms with Crippen LogP contribution in [0.25, 0.3) is 10.9 Å². The van der Waals surface area contributed by atoms with Crippen molar-refractivity contribution >= 4 is 29.1 Å². The van der Waals surface area contributed by atoms with E-state index < -0.39 is 5.82 Å². The number of ether oxygens (including phenoxy) is 2. The summed E-state index contributed by atoms with van der Waals surface area (Å²) in [4.78, 5) is 22.9. The summed E-state index contributed by atoms with van der Waals surface area (Å²) in [5.74, 6) is 0.0445. The van der Waals surface area contributed by atoms with Crippen LogP contribution in [0.4, 0.5) is 16.2 Å². The maximum absolute atomic E-state index is 14.7. The number of rotatable bonds is 4. The Morgan fingerprint density at radius 3 is 2.14 bits per heavy atom. The van der Waals surface area contributed by atoms with Gasteiger partial charge in [-0.05, 0) is 42.9 Å². The first-order chi connectivity index (χ1) is 17.5. The number of nitrogens with zero attached hydrogens (tertiary/aromatic N) is 4. The summed E-state index contributed by atoms with van der Waals surface area (Å²) < 4.78 is 24.9. The van der Waals surface area contributed by atoms with Crippen molar-refractivity contribution in [3.05, 3.63) is 47.3 Å². The molecule has 2 aromatic carbocycles. The Labute approximate surface area is 211 Å². The maximum atomic E-state index is 14.7. The number of carbonyl (C=O) groups is 1. The van der Waals surface area contributed by atoms with Gasteiger partial charge >= 0.3 is 0 Å². The molecule has 2 N–H and O–H groups in total. The van der Waals surface area contributed by atoms with Crippen molar-refractivity contribution in [2.45, 2.75) is 25.7 Å². The summed E-state index contributed by atoms with van der Waals surface area (Å²) in [7, 11) is 2.78. The number of halogens is 1. The molecule has 1 aliphatic carbocycles. The second-order valence-electron chi connectivity index (χ2n) is 8.34. The number of methoxy groups -OCH3 is 2.